The average molecular weight is 344 g/mol. The van der Waals surface area contributed by atoms with E-state index in [0.29, 0.717) is 5.92 Å². The SMILES string of the molecule is CC(C)C(NC(=O)c1ccco1)C(=O)NC1CCNCC1C.Cl. The molecule has 0 bridgehead atoms. The first-order valence-electron chi connectivity index (χ1n) is 7.84. The Morgan fingerprint density at radius 3 is 2.70 bits per heavy atom. The number of rotatable bonds is 5. The zero-order valence-corrected chi connectivity index (χ0v) is 14.6. The molecule has 2 heterocycles. The molecule has 1 aromatic heterocycles. The van der Waals surface area contributed by atoms with Crippen LogP contribution in [0.2, 0.25) is 0 Å². The number of furan rings is 1. The minimum Gasteiger partial charge on any atom is -0.459 e. The van der Waals surface area contributed by atoms with Gasteiger partial charge in [0, 0.05) is 6.04 Å². The van der Waals surface area contributed by atoms with Gasteiger partial charge in [-0.2, -0.15) is 0 Å². The van der Waals surface area contributed by atoms with Gasteiger partial charge in [0.25, 0.3) is 5.91 Å². The predicted octanol–water partition coefficient (Wildman–Crippen LogP) is 1.57. The molecule has 0 aromatic carbocycles. The van der Waals surface area contributed by atoms with E-state index < -0.39 is 6.04 Å². The maximum absolute atomic E-state index is 12.5. The van der Waals surface area contributed by atoms with E-state index in [1.807, 2.05) is 13.8 Å². The summed E-state index contributed by atoms with van der Waals surface area (Å²) in [6.07, 6.45) is 2.35. The fourth-order valence-corrected chi connectivity index (χ4v) is 2.66. The van der Waals surface area contributed by atoms with Crippen molar-refractivity contribution in [1.29, 1.82) is 0 Å². The van der Waals surface area contributed by atoms with Gasteiger partial charge in [0.1, 0.15) is 6.04 Å². The number of halogens is 1. The fourth-order valence-electron chi connectivity index (χ4n) is 2.66. The first-order chi connectivity index (χ1) is 10.5. The monoisotopic (exact) mass is 343 g/mol. The summed E-state index contributed by atoms with van der Waals surface area (Å²) in [6, 6.07) is 2.81. The maximum Gasteiger partial charge on any atom is 0.287 e. The molecule has 1 aliphatic heterocycles. The van der Waals surface area contributed by atoms with Gasteiger partial charge in [0.2, 0.25) is 5.91 Å². The molecule has 0 spiro atoms. The van der Waals surface area contributed by atoms with Crippen molar-refractivity contribution in [3.8, 4) is 0 Å². The van der Waals surface area contributed by atoms with E-state index in [2.05, 4.69) is 22.9 Å². The van der Waals surface area contributed by atoms with Gasteiger partial charge in [0.15, 0.2) is 5.76 Å². The average Bonchev–Trinajstić information content (AvgIpc) is 3.00. The lowest BCUT2D eigenvalue weighted by Gasteiger charge is -2.32. The van der Waals surface area contributed by atoms with Gasteiger partial charge in [0.05, 0.1) is 6.26 Å². The molecular formula is C16H26ClN3O3. The molecular weight excluding hydrogens is 318 g/mol. The van der Waals surface area contributed by atoms with Crippen LogP contribution in [0, 0.1) is 11.8 Å². The van der Waals surface area contributed by atoms with Gasteiger partial charge in [-0.25, -0.2) is 0 Å². The lowest BCUT2D eigenvalue weighted by Crippen LogP contribution is -2.55. The second kappa shape index (κ2) is 8.93. The molecule has 1 aromatic rings. The third-order valence-corrected chi connectivity index (χ3v) is 4.09. The van der Waals surface area contributed by atoms with Crippen molar-refractivity contribution in [2.45, 2.75) is 39.3 Å². The highest BCUT2D eigenvalue weighted by atomic mass is 35.5. The highest BCUT2D eigenvalue weighted by Crippen LogP contribution is 2.12. The third-order valence-electron chi connectivity index (χ3n) is 4.09. The van der Waals surface area contributed by atoms with Crippen molar-refractivity contribution in [2.24, 2.45) is 11.8 Å². The van der Waals surface area contributed by atoms with E-state index >= 15 is 0 Å². The standard InChI is InChI=1S/C16H25N3O3.ClH/c1-10(2)14(19-15(20)13-5-4-8-22-13)16(21)18-12-6-7-17-9-11(12)3;/h4-5,8,10-12,14,17H,6-7,9H2,1-3H3,(H,18,21)(H,19,20);1H. The number of piperidine rings is 1. The van der Waals surface area contributed by atoms with Crippen LogP contribution in [0.4, 0.5) is 0 Å². The molecule has 130 valence electrons. The second-order valence-electron chi connectivity index (χ2n) is 6.26. The number of carbonyl (C=O) groups is 2. The molecule has 3 atom stereocenters. The van der Waals surface area contributed by atoms with E-state index in [4.69, 9.17) is 4.42 Å². The van der Waals surface area contributed by atoms with Gasteiger partial charge in [-0.3, -0.25) is 9.59 Å². The lowest BCUT2D eigenvalue weighted by atomic mass is 9.94. The summed E-state index contributed by atoms with van der Waals surface area (Å²) in [4.78, 5) is 24.6. The molecule has 0 radical (unpaired) electrons. The maximum atomic E-state index is 12.5. The summed E-state index contributed by atoms with van der Waals surface area (Å²) < 4.78 is 5.07. The zero-order chi connectivity index (χ0) is 16.1. The molecule has 0 aliphatic carbocycles. The van der Waals surface area contributed by atoms with Crippen molar-refractivity contribution in [3.63, 3.8) is 0 Å². The number of amides is 2. The van der Waals surface area contributed by atoms with Crippen molar-refractivity contribution in [2.75, 3.05) is 13.1 Å². The van der Waals surface area contributed by atoms with E-state index in [-0.39, 0.29) is 41.9 Å². The van der Waals surface area contributed by atoms with E-state index in [9.17, 15) is 9.59 Å². The predicted molar refractivity (Wildman–Crippen MR) is 90.6 cm³/mol. The summed E-state index contributed by atoms with van der Waals surface area (Å²) in [5, 5.41) is 9.15. The van der Waals surface area contributed by atoms with Crippen LogP contribution < -0.4 is 16.0 Å². The van der Waals surface area contributed by atoms with Gasteiger partial charge >= 0.3 is 0 Å². The van der Waals surface area contributed by atoms with E-state index in [1.54, 1.807) is 12.1 Å². The summed E-state index contributed by atoms with van der Waals surface area (Å²) in [7, 11) is 0. The Labute approximate surface area is 143 Å². The van der Waals surface area contributed by atoms with E-state index in [0.717, 1.165) is 19.5 Å². The minimum absolute atomic E-state index is 0. The molecule has 2 amide bonds. The summed E-state index contributed by atoms with van der Waals surface area (Å²) >= 11 is 0. The molecule has 0 saturated carbocycles. The molecule has 23 heavy (non-hydrogen) atoms. The molecule has 1 fully saturated rings. The van der Waals surface area contributed by atoms with Crippen LogP contribution in [0.1, 0.15) is 37.7 Å². The Balaban J connectivity index is 0.00000264. The number of nitrogens with one attached hydrogen (secondary N) is 3. The molecule has 2 rings (SSSR count). The Kier molecular flexibility index (Phi) is 7.58. The second-order valence-corrected chi connectivity index (χ2v) is 6.26. The van der Waals surface area contributed by atoms with Crippen LogP contribution in [-0.2, 0) is 4.79 Å². The summed E-state index contributed by atoms with van der Waals surface area (Å²) in [6.45, 7) is 7.75. The van der Waals surface area contributed by atoms with Crippen LogP contribution in [-0.4, -0.2) is 37.0 Å². The summed E-state index contributed by atoms with van der Waals surface area (Å²) in [5.41, 5.74) is 0. The first-order valence-corrected chi connectivity index (χ1v) is 7.84. The zero-order valence-electron chi connectivity index (χ0n) is 13.8. The fraction of sp³-hybridized carbons (Fsp3) is 0.625. The van der Waals surface area contributed by atoms with Gasteiger partial charge in [-0.15, -0.1) is 12.4 Å². The molecule has 6 nitrogen and oxygen atoms in total. The van der Waals surface area contributed by atoms with Crippen LogP contribution in [0.3, 0.4) is 0 Å². The Bertz CT molecular complexity index is 505. The smallest absolute Gasteiger partial charge is 0.287 e. The van der Waals surface area contributed by atoms with Crippen LogP contribution >= 0.6 is 12.4 Å². The normalized spacial score (nSPS) is 22.1. The molecule has 1 saturated heterocycles. The molecule has 3 unspecified atom stereocenters. The van der Waals surface area contributed by atoms with Crippen molar-refractivity contribution in [3.05, 3.63) is 24.2 Å². The molecule has 3 N–H and O–H groups in total. The number of hydrogen-bond donors (Lipinski definition) is 3. The van der Waals surface area contributed by atoms with E-state index in [1.165, 1.54) is 6.26 Å². The molecule has 7 heteroatoms. The topological polar surface area (TPSA) is 83.4 Å². The van der Waals surface area contributed by atoms with Crippen molar-refractivity contribution in [1.82, 2.24) is 16.0 Å². The Hall–Kier alpha value is -1.53. The number of hydrogen-bond acceptors (Lipinski definition) is 4. The quantitative estimate of drug-likeness (QED) is 0.757. The highest BCUT2D eigenvalue weighted by molar-refractivity contribution is 5.95. The van der Waals surface area contributed by atoms with Crippen LogP contribution in [0.5, 0.6) is 0 Å². The first kappa shape index (κ1) is 19.5. The van der Waals surface area contributed by atoms with Crippen molar-refractivity contribution < 1.29 is 14.0 Å². The number of carbonyl (C=O) groups excluding carboxylic acids is 2. The Morgan fingerprint density at radius 1 is 1.39 bits per heavy atom. The minimum atomic E-state index is -0.570. The Morgan fingerprint density at radius 2 is 2.13 bits per heavy atom. The molecule has 1 aliphatic rings. The third kappa shape index (κ3) is 5.25. The lowest BCUT2D eigenvalue weighted by molar-refractivity contribution is -0.125. The highest BCUT2D eigenvalue weighted by Gasteiger charge is 2.29. The van der Waals surface area contributed by atoms with Crippen LogP contribution in [0.15, 0.2) is 22.8 Å². The van der Waals surface area contributed by atoms with Gasteiger partial charge in [-0.1, -0.05) is 20.8 Å². The largest absolute Gasteiger partial charge is 0.459 e. The summed E-state index contributed by atoms with van der Waals surface area (Å²) in [5.74, 6) is 0.0989. The van der Waals surface area contributed by atoms with Crippen LogP contribution in [0.25, 0.3) is 0 Å². The van der Waals surface area contributed by atoms with Gasteiger partial charge < -0.3 is 20.4 Å². The van der Waals surface area contributed by atoms with Gasteiger partial charge in [-0.05, 0) is 43.5 Å². The van der Waals surface area contributed by atoms with Crippen molar-refractivity contribution >= 4 is 24.2 Å².